The Bertz CT molecular complexity index is 115. The number of aliphatic hydroxyl groups is 1. The van der Waals surface area contributed by atoms with Crippen LogP contribution in [0.3, 0.4) is 0 Å². The topological polar surface area (TPSA) is 44.0 Å². The van der Waals surface area contributed by atoms with Crippen molar-refractivity contribution in [3.05, 3.63) is 0 Å². The molecule has 0 heterocycles. The van der Waals surface area contributed by atoms with Gasteiger partial charge in [0.1, 0.15) is 0 Å². The average molecular weight is 155 g/mol. The van der Waals surface area contributed by atoms with Crippen LogP contribution in [0.25, 0.3) is 0 Å². The molecule has 64 valence electrons. The maximum absolute atomic E-state index is 8.90. The van der Waals surface area contributed by atoms with E-state index in [1.165, 1.54) is 0 Å². The lowest BCUT2D eigenvalue weighted by Gasteiger charge is -2.01. The van der Waals surface area contributed by atoms with Crippen LogP contribution in [0, 0.1) is 11.3 Å². The number of hydrogen-bond acceptors (Lipinski definition) is 2. The van der Waals surface area contributed by atoms with Gasteiger partial charge in [-0.15, -0.1) is 0 Å². The van der Waals surface area contributed by atoms with E-state index in [4.69, 9.17) is 10.4 Å². The molecule has 0 aliphatic heterocycles. The monoisotopic (exact) mass is 155 g/mol. The maximum atomic E-state index is 8.90. The molecule has 0 aliphatic rings. The van der Waals surface area contributed by atoms with Gasteiger partial charge in [-0.2, -0.15) is 5.26 Å². The third-order valence-corrected chi connectivity index (χ3v) is 1.66. The van der Waals surface area contributed by atoms with Crippen molar-refractivity contribution in [2.75, 3.05) is 0 Å². The number of unbranched alkanes of at least 4 members (excludes halogenated alkanes) is 4. The summed E-state index contributed by atoms with van der Waals surface area (Å²) in [6.45, 7) is 1.81. The molecule has 0 aromatic rings. The minimum absolute atomic E-state index is 0.161. The zero-order chi connectivity index (χ0) is 8.53. The SMILES string of the molecule is CC(O)CCCCCCC#N. The summed E-state index contributed by atoms with van der Waals surface area (Å²) in [7, 11) is 0. The lowest BCUT2D eigenvalue weighted by molar-refractivity contribution is 0.180. The van der Waals surface area contributed by atoms with Crippen molar-refractivity contribution in [1.82, 2.24) is 0 Å². The Balaban J connectivity index is 2.86. The van der Waals surface area contributed by atoms with Crippen molar-refractivity contribution in [1.29, 1.82) is 5.26 Å². The minimum atomic E-state index is -0.161. The second kappa shape index (κ2) is 7.56. The molecule has 0 rings (SSSR count). The standard InChI is InChI=1S/C9H17NO/c1-9(11)7-5-3-2-4-6-8-10/h9,11H,2-7H2,1H3. The highest BCUT2D eigenvalue weighted by Gasteiger charge is 1.94. The van der Waals surface area contributed by atoms with Crippen molar-refractivity contribution in [3.8, 4) is 6.07 Å². The van der Waals surface area contributed by atoms with Gasteiger partial charge in [0.15, 0.2) is 0 Å². The Morgan fingerprint density at radius 2 is 1.91 bits per heavy atom. The minimum Gasteiger partial charge on any atom is -0.393 e. The van der Waals surface area contributed by atoms with Crippen LogP contribution >= 0.6 is 0 Å². The molecular formula is C9H17NO. The van der Waals surface area contributed by atoms with E-state index in [1.807, 2.05) is 6.92 Å². The lowest BCUT2D eigenvalue weighted by atomic mass is 10.1. The molecular weight excluding hydrogens is 138 g/mol. The second-order valence-corrected chi connectivity index (χ2v) is 2.96. The van der Waals surface area contributed by atoms with Crippen LogP contribution < -0.4 is 0 Å². The van der Waals surface area contributed by atoms with E-state index in [2.05, 4.69) is 6.07 Å². The van der Waals surface area contributed by atoms with Gasteiger partial charge in [0.2, 0.25) is 0 Å². The normalized spacial score (nSPS) is 12.5. The highest BCUT2D eigenvalue weighted by atomic mass is 16.3. The molecule has 0 aromatic heterocycles. The highest BCUT2D eigenvalue weighted by Crippen LogP contribution is 2.06. The van der Waals surface area contributed by atoms with Crippen LogP contribution in [0.2, 0.25) is 0 Å². The number of nitriles is 1. The van der Waals surface area contributed by atoms with E-state index in [0.29, 0.717) is 6.42 Å². The molecule has 0 aliphatic carbocycles. The van der Waals surface area contributed by atoms with E-state index < -0.39 is 0 Å². The summed E-state index contributed by atoms with van der Waals surface area (Å²) in [5.41, 5.74) is 0. The van der Waals surface area contributed by atoms with Crippen LogP contribution in [0.1, 0.15) is 45.4 Å². The molecule has 0 bridgehead atoms. The summed E-state index contributed by atoms with van der Waals surface area (Å²) in [4.78, 5) is 0. The fourth-order valence-corrected chi connectivity index (χ4v) is 0.997. The third kappa shape index (κ3) is 9.45. The average Bonchev–Trinajstić information content (AvgIpc) is 1.96. The van der Waals surface area contributed by atoms with Gasteiger partial charge in [-0.25, -0.2) is 0 Å². The van der Waals surface area contributed by atoms with Gasteiger partial charge in [0.25, 0.3) is 0 Å². The quantitative estimate of drug-likeness (QED) is 0.598. The molecule has 2 heteroatoms. The third-order valence-electron chi connectivity index (χ3n) is 1.66. The van der Waals surface area contributed by atoms with E-state index in [-0.39, 0.29) is 6.10 Å². The first-order valence-corrected chi connectivity index (χ1v) is 4.32. The van der Waals surface area contributed by atoms with Gasteiger partial charge < -0.3 is 5.11 Å². The van der Waals surface area contributed by atoms with Crippen LogP contribution in [0.5, 0.6) is 0 Å². The Kier molecular flexibility index (Phi) is 7.18. The largest absolute Gasteiger partial charge is 0.393 e. The predicted octanol–water partition coefficient (Wildman–Crippen LogP) is 2.23. The summed E-state index contributed by atoms with van der Waals surface area (Å²) in [5, 5.41) is 17.1. The lowest BCUT2D eigenvalue weighted by Crippen LogP contribution is -1.97. The number of aliphatic hydroxyl groups excluding tert-OH is 1. The van der Waals surface area contributed by atoms with Crippen molar-refractivity contribution < 1.29 is 5.11 Å². The molecule has 1 atom stereocenters. The van der Waals surface area contributed by atoms with E-state index >= 15 is 0 Å². The predicted molar refractivity (Wildman–Crippen MR) is 45.0 cm³/mol. The summed E-state index contributed by atoms with van der Waals surface area (Å²) in [6.07, 6.45) is 5.78. The second-order valence-electron chi connectivity index (χ2n) is 2.96. The van der Waals surface area contributed by atoms with Gasteiger partial charge >= 0.3 is 0 Å². The van der Waals surface area contributed by atoms with Crippen molar-refractivity contribution >= 4 is 0 Å². The fraction of sp³-hybridized carbons (Fsp3) is 0.889. The molecule has 0 saturated carbocycles. The maximum Gasteiger partial charge on any atom is 0.0621 e. The molecule has 0 radical (unpaired) electrons. The van der Waals surface area contributed by atoms with E-state index in [1.54, 1.807) is 0 Å². The molecule has 2 nitrogen and oxygen atoms in total. The van der Waals surface area contributed by atoms with Crippen LogP contribution in [-0.4, -0.2) is 11.2 Å². The van der Waals surface area contributed by atoms with Crippen LogP contribution in [0.15, 0.2) is 0 Å². The Morgan fingerprint density at radius 1 is 1.27 bits per heavy atom. The summed E-state index contributed by atoms with van der Waals surface area (Å²) in [5.74, 6) is 0. The molecule has 0 amide bonds. The van der Waals surface area contributed by atoms with E-state index in [0.717, 1.165) is 32.1 Å². The Morgan fingerprint density at radius 3 is 2.45 bits per heavy atom. The number of rotatable bonds is 6. The Hall–Kier alpha value is -0.550. The van der Waals surface area contributed by atoms with Crippen molar-refractivity contribution in [2.45, 2.75) is 51.6 Å². The van der Waals surface area contributed by atoms with E-state index in [9.17, 15) is 0 Å². The van der Waals surface area contributed by atoms with Gasteiger partial charge in [-0.05, 0) is 19.8 Å². The molecule has 11 heavy (non-hydrogen) atoms. The molecule has 0 fully saturated rings. The molecule has 1 N–H and O–H groups in total. The van der Waals surface area contributed by atoms with Crippen LogP contribution in [-0.2, 0) is 0 Å². The molecule has 0 spiro atoms. The van der Waals surface area contributed by atoms with Gasteiger partial charge in [0.05, 0.1) is 12.2 Å². The molecule has 0 saturated heterocycles. The first kappa shape index (κ1) is 10.4. The van der Waals surface area contributed by atoms with Crippen molar-refractivity contribution in [2.24, 2.45) is 0 Å². The van der Waals surface area contributed by atoms with Gasteiger partial charge in [0, 0.05) is 6.42 Å². The highest BCUT2D eigenvalue weighted by molar-refractivity contribution is 4.67. The van der Waals surface area contributed by atoms with Crippen LogP contribution in [0.4, 0.5) is 0 Å². The van der Waals surface area contributed by atoms with Gasteiger partial charge in [-0.3, -0.25) is 0 Å². The number of hydrogen-bond donors (Lipinski definition) is 1. The van der Waals surface area contributed by atoms with Crippen molar-refractivity contribution in [3.63, 3.8) is 0 Å². The Labute approximate surface area is 68.8 Å². The van der Waals surface area contributed by atoms with Gasteiger partial charge in [-0.1, -0.05) is 19.3 Å². The fourth-order valence-electron chi connectivity index (χ4n) is 0.997. The summed E-state index contributed by atoms with van der Waals surface area (Å²) in [6, 6.07) is 2.12. The summed E-state index contributed by atoms with van der Waals surface area (Å²) >= 11 is 0. The zero-order valence-corrected chi connectivity index (χ0v) is 7.21. The smallest absolute Gasteiger partial charge is 0.0621 e. The molecule has 1 unspecified atom stereocenters. The molecule has 0 aromatic carbocycles. The first-order valence-electron chi connectivity index (χ1n) is 4.32. The number of nitrogens with zero attached hydrogens (tertiary/aromatic N) is 1. The zero-order valence-electron chi connectivity index (χ0n) is 7.21. The first-order chi connectivity index (χ1) is 5.27. The summed E-state index contributed by atoms with van der Waals surface area (Å²) < 4.78 is 0.